The number of carbonyl (C=O) groups is 1. The minimum absolute atomic E-state index is 0.208. The highest BCUT2D eigenvalue weighted by molar-refractivity contribution is 6.31. The van der Waals surface area contributed by atoms with Gasteiger partial charge in [-0.3, -0.25) is 0 Å². The van der Waals surface area contributed by atoms with Gasteiger partial charge >= 0.3 is 0 Å². The van der Waals surface area contributed by atoms with Crippen molar-refractivity contribution in [3.63, 3.8) is 0 Å². The van der Waals surface area contributed by atoms with Crippen LogP contribution in [0.1, 0.15) is 33.6 Å². The number of Topliss-reactive ketones (excluding diaryl/α,β-unsaturated/α-hetero) is 1. The number of rotatable bonds is 5. The average molecular weight is 213 g/mol. The zero-order chi connectivity index (χ0) is 11.1. The van der Waals surface area contributed by atoms with Gasteiger partial charge in [-0.25, -0.2) is 0 Å². The maximum Gasteiger partial charge on any atom is 0.130 e. The molecular formula is C12H17ClO. The molecule has 0 rings (SSSR count). The van der Waals surface area contributed by atoms with Crippen molar-refractivity contribution >= 4 is 17.4 Å². The lowest BCUT2D eigenvalue weighted by molar-refractivity contribution is -0.116. The minimum Gasteiger partial charge on any atom is -0.300 e. The first-order valence-corrected chi connectivity index (χ1v) is 5.03. The molecule has 2 heteroatoms. The molecule has 0 aromatic carbocycles. The standard InChI is InChI=1S/C12H17ClO/c1-5-12(7-6-10(3)14)8-9(2)11(4)13/h5,8H,4,6-7H2,1-3H3/b9-8-,12-5-. The highest BCUT2D eigenvalue weighted by Crippen LogP contribution is 2.16. The molecule has 0 amide bonds. The first kappa shape index (κ1) is 13.2. The van der Waals surface area contributed by atoms with Crippen molar-refractivity contribution in [2.24, 2.45) is 0 Å². The van der Waals surface area contributed by atoms with Gasteiger partial charge in [-0.15, -0.1) is 0 Å². The number of halogens is 1. The van der Waals surface area contributed by atoms with Crippen LogP contribution in [0.2, 0.25) is 0 Å². The van der Waals surface area contributed by atoms with Crippen LogP contribution >= 0.6 is 11.6 Å². The predicted molar refractivity (Wildman–Crippen MR) is 62.4 cm³/mol. The van der Waals surface area contributed by atoms with E-state index >= 15 is 0 Å². The topological polar surface area (TPSA) is 17.1 Å². The van der Waals surface area contributed by atoms with E-state index in [1.165, 1.54) is 0 Å². The summed E-state index contributed by atoms with van der Waals surface area (Å²) in [4.78, 5) is 10.8. The molecule has 0 heterocycles. The van der Waals surface area contributed by atoms with Gasteiger partial charge in [0.2, 0.25) is 0 Å². The Bertz CT molecular complexity index is 285. The van der Waals surface area contributed by atoms with Crippen LogP contribution in [0.15, 0.2) is 34.9 Å². The summed E-state index contributed by atoms with van der Waals surface area (Å²) >= 11 is 5.74. The predicted octanol–water partition coefficient (Wildman–Crippen LogP) is 4.00. The zero-order valence-electron chi connectivity index (χ0n) is 9.06. The first-order chi connectivity index (χ1) is 6.47. The Balaban J connectivity index is 4.38. The van der Waals surface area contributed by atoms with Crippen molar-refractivity contribution < 1.29 is 4.79 Å². The Labute approximate surface area is 91.1 Å². The van der Waals surface area contributed by atoms with E-state index in [0.29, 0.717) is 11.5 Å². The molecule has 0 unspecified atom stereocenters. The SMILES string of the molecule is C=C(Cl)/C(C)=C\C(=C/C)CCC(C)=O. The fraction of sp³-hybridized carbons (Fsp3) is 0.417. The van der Waals surface area contributed by atoms with Gasteiger partial charge in [0.1, 0.15) is 5.78 Å². The number of hydrogen-bond acceptors (Lipinski definition) is 1. The molecule has 0 fully saturated rings. The molecule has 0 aromatic rings. The van der Waals surface area contributed by atoms with Gasteiger partial charge in [-0.2, -0.15) is 0 Å². The fourth-order valence-electron chi connectivity index (χ4n) is 0.977. The molecule has 0 aliphatic carbocycles. The Morgan fingerprint density at radius 3 is 2.29 bits per heavy atom. The highest BCUT2D eigenvalue weighted by atomic mass is 35.5. The molecule has 0 saturated heterocycles. The second kappa shape index (κ2) is 6.61. The maximum atomic E-state index is 10.8. The number of ketones is 1. The second-order valence-electron chi connectivity index (χ2n) is 3.30. The third-order valence-electron chi connectivity index (χ3n) is 1.97. The lowest BCUT2D eigenvalue weighted by Crippen LogP contribution is -1.91. The van der Waals surface area contributed by atoms with Crippen molar-refractivity contribution in [1.82, 2.24) is 0 Å². The van der Waals surface area contributed by atoms with Crippen molar-refractivity contribution in [2.45, 2.75) is 33.6 Å². The minimum atomic E-state index is 0.208. The molecule has 0 bridgehead atoms. The van der Waals surface area contributed by atoms with Crippen LogP contribution in [-0.4, -0.2) is 5.78 Å². The Hall–Kier alpha value is -0.820. The Morgan fingerprint density at radius 2 is 1.93 bits per heavy atom. The monoisotopic (exact) mass is 212 g/mol. The lowest BCUT2D eigenvalue weighted by atomic mass is 10.1. The summed E-state index contributed by atoms with van der Waals surface area (Å²) < 4.78 is 0. The first-order valence-electron chi connectivity index (χ1n) is 4.65. The molecule has 0 N–H and O–H groups in total. The normalized spacial score (nSPS) is 12.9. The molecule has 1 nitrogen and oxygen atoms in total. The summed E-state index contributed by atoms with van der Waals surface area (Å²) in [7, 11) is 0. The van der Waals surface area contributed by atoms with Crippen LogP contribution in [0, 0.1) is 0 Å². The number of allylic oxidation sites excluding steroid dienone is 5. The maximum absolute atomic E-state index is 10.8. The number of carbonyl (C=O) groups excluding carboxylic acids is 1. The van der Waals surface area contributed by atoms with Crippen LogP contribution in [0.5, 0.6) is 0 Å². The summed E-state index contributed by atoms with van der Waals surface area (Å²) in [5.41, 5.74) is 2.07. The van der Waals surface area contributed by atoms with E-state index in [2.05, 4.69) is 6.58 Å². The summed E-state index contributed by atoms with van der Waals surface area (Å²) in [5.74, 6) is 0.208. The van der Waals surface area contributed by atoms with Crippen LogP contribution in [0.25, 0.3) is 0 Å². The van der Waals surface area contributed by atoms with Gasteiger partial charge in [0.05, 0.1) is 0 Å². The molecule has 0 spiro atoms. The smallest absolute Gasteiger partial charge is 0.130 e. The van der Waals surface area contributed by atoms with Gasteiger partial charge in [-0.05, 0) is 32.8 Å². The third kappa shape index (κ3) is 5.76. The average Bonchev–Trinajstić information content (AvgIpc) is 2.11. The van der Waals surface area contributed by atoms with Gasteiger partial charge in [0.25, 0.3) is 0 Å². The van der Waals surface area contributed by atoms with Crippen LogP contribution in [0.3, 0.4) is 0 Å². The molecule has 0 aliphatic rings. The molecule has 0 aromatic heterocycles. The van der Waals surface area contributed by atoms with E-state index in [9.17, 15) is 4.79 Å². The van der Waals surface area contributed by atoms with Gasteiger partial charge in [0.15, 0.2) is 0 Å². The zero-order valence-corrected chi connectivity index (χ0v) is 9.82. The van der Waals surface area contributed by atoms with Crippen LogP contribution in [0.4, 0.5) is 0 Å². The quantitative estimate of drug-likeness (QED) is 0.630. The van der Waals surface area contributed by atoms with Gasteiger partial charge in [-0.1, -0.05) is 35.9 Å². The van der Waals surface area contributed by atoms with E-state index < -0.39 is 0 Å². The summed E-state index contributed by atoms with van der Waals surface area (Å²) in [6.07, 6.45) is 5.32. The van der Waals surface area contributed by atoms with Crippen molar-refractivity contribution in [3.05, 3.63) is 34.9 Å². The molecular weight excluding hydrogens is 196 g/mol. The Morgan fingerprint density at radius 1 is 1.36 bits per heavy atom. The molecule has 0 atom stereocenters. The summed E-state index contributed by atoms with van der Waals surface area (Å²) in [6.45, 7) is 9.11. The van der Waals surface area contributed by atoms with Crippen LogP contribution in [-0.2, 0) is 4.79 Å². The van der Waals surface area contributed by atoms with E-state index in [1.54, 1.807) is 6.92 Å². The highest BCUT2D eigenvalue weighted by Gasteiger charge is 1.98. The molecule has 78 valence electrons. The van der Waals surface area contributed by atoms with E-state index in [0.717, 1.165) is 17.6 Å². The van der Waals surface area contributed by atoms with E-state index in [-0.39, 0.29) is 5.78 Å². The molecule has 0 aliphatic heterocycles. The van der Waals surface area contributed by atoms with Gasteiger partial charge < -0.3 is 4.79 Å². The van der Waals surface area contributed by atoms with Crippen molar-refractivity contribution in [2.75, 3.05) is 0 Å². The molecule has 0 radical (unpaired) electrons. The van der Waals surface area contributed by atoms with Gasteiger partial charge in [0, 0.05) is 11.5 Å². The van der Waals surface area contributed by atoms with Crippen molar-refractivity contribution in [1.29, 1.82) is 0 Å². The lowest BCUT2D eigenvalue weighted by Gasteiger charge is -2.02. The van der Waals surface area contributed by atoms with Crippen LogP contribution < -0.4 is 0 Å². The number of hydrogen-bond donors (Lipinski definition) is 0. The third-order valence-corrected chi connectivity index (χ3v) is 2.26. The van der Waals surface area contributed by atoms with E-state index in [4.69, 9.17) is 11.6 Å². The van der Waals surface area contributed by atoms with Crippen molar-refractivity contribution in [3.8, 4) is 0 Å². The summed E-state index contributed by atoms with van der Waals surface area (Å²) in [5, 5.41) is 0.548. The molecule has 0 saturated carbocycles. The van der Waals surface area contributed by atoms with E-state index in [1.807, 2.05) is 26.0 Å². The molecule has 14 heavy (non-hydrogen) atoms. The second-order valence-corrected chi connectivity index (χ2v) is 3.75. The summed E-state index contributed by atoms with van der Waals surface area (Å²) in [6, 6.07) is 0. The Kier molecular flexibility index (Phi) is 6.22. The fourth-order valence-corrected chi connectivity index (χ4v) is 1.03. The largest absolute Gasteiger partial charge is 0.300 e.